The Balaban J connectivity index is 1.33. The molecule has 0 bridgehead atoms. The lowest BCUT2D eigenvalue weighted by atomic mass is 9.96. The number of carbonyl (C=O) groups excluding carboxylic acids is 2. The average Bonchev–Trinajstić information content (AvgIpc) is 3.25. The number of rotatable bonds is 3. The Kier molecular flexibility index (Phi) is 4.00. The van der Waals surface area contributed by atoms with E-state index in [9.17, 15) is 9.59 Å². The smallest absolute Gasteiger partial charge is 0.242 e. The van der Waals surface area contributed by atoms with Crippen molar-refractivity contribution in [1.29, 1.82) is 0 Å². The lowest BCUT2D eigenvalue weighted by molar-refractivity contribution is -0.138. The molecular weight excluding hydrogens is 314 g/mol. The van der Waals surface area contributed by atoms with Crippen molar-refractivity contribution in [3.8, 4) is 0 Å². The Morgan fingerprint density at radius 3 is 2.78 bits per heavy atom. The van der Waals surface area contributed by atoms with Gasteiger partial charge >= 0.3 is 0 Å². The maximum Gasteiger partial charge on any atom is 0.242 e. The minimum Gasteiger partial charge on any atom is -0.341 e. The first-order valence-corrected chi connectivity index (χ1v) is 9.43. The Labute approximate surface area is 139 Å². The van der Waals surface area contributed by atoms with Crippen molar-refractivity contribution in [3.63, 3.8) is 0 Å². The van der Waals surface area contributed by atoms with Crippen molar-refractivity contribution < 1.29 is 9.59 Å². The van der Waals surface area contributed by atoms with E-state index in [1.54, 1.807) is 16.7 Å². The van der Waals surface area contributed by atoms with Gasteiger partial charge in [0.25, 0.3) is 0 Å². The maximum atomic E-state index is 12.4. The summed E-state index contributed by atoms with van der Waals surface area (Å²) < 4.78 is 2.27. The SMILES string of the molecule is O=C(CN1CSCC1=O)N1CCC(c2nnc3n2CCC3)CC1. The average molecular weight is 335 g/mol. The van der Waals surface area contributed by atoms with Crippen LogP contribution in [0.1, 0.15) is 36.8 Å². The summed E-state index contributed by atoms with van der Waals surface area (Å²) in [5, 5.41) is 8.67. The predicted octanol–water partition coefficient (Wildman–Crippen LogP) is 0.463. The van der Waals surface area contributed by atoms with E-state index < -0.39 is 0 Å². The number of amides is 2. The second-order valence-corrected chi connectivity index (χ2v) is 7.41. The number of hydrogen-bond donors (Lipinski definition) is 0. The van der Waals surface area contributed by atoms with Gasteiger partial charge in [-0.1, -0.05) is 0 Å². The third kappa shape index (κ3) is 2.84. The highest BCUT2D eigenvalue weighted by atomic mass is 32.2. The predicted molar refractivity (Wildman–Crippen MR) is 85.9 cm³/mol. The maximum absolute atomic E-state index is 12.4. The lowest BCUT2D eigenvalue weighted by Gasteiger charge is -2.32. The molecule has 2 amide bonds. The van der Waals surface area contributed by atoms with E-state index in [0.717, 1.165) is 57.0 Å². The largest absolute Gasteiger partial charge is 0.341 e. The van der Waals surface area contributed by atoms with E-state index in [1.165, 1.54) is 0 Å². The number of aryl methyl sites for hydroxylation is 1. The summed E-state index contributed by atoms with van der Waals surface area (Å²) in [6, 6.07) is 0. The van der Waals surface area contributed by atoms with Crippen molar-refractivity contribution in [3.05, 3.63) is 11.6 Å². The van der Waals surface area contributed by atoms with E-state index in [4.69, 9.17) is 0 Å². The van der Waals surface area contributed by atoms with Crippen LogP contribution in [0.2, 0.25) is 0 Å². The van der Waals surface area contributed by atoms with Gasteiger partial charge in [-0.25, -0.2) is 0 Å². The van der Waals surface area contributed by atoms with Gasteiger partial charge < -0.3 is 14.4 Å². The molecule has 0 aliphatic carbocycles. The van der Waals surface area contributed by atoms with Crippen LogP contribution in [0.5, 0.6) is 0 Å². The van der Waals surface area contributed by atoms with Gasteiger partial charge in [0.15, 0.2) is 0 Å². The molecular formula is C15H21N5O2S. The molecule has 0 aromatic carbocycles. The quantitative estimate of drug-likeness (QED) is 0.803. The molecule has 4 heterocycles. The molecule has 23 heavy (non-hydrogen) atoms. The molecule has 3 aliphatic heterocycles. The standard InChI is InChI=1S/C15H21N5O2S/c21-13(8-19-10-23-9-14(19)22)18-6-3-11(4-7-18)15-17-16-12-2-1-5-20(12)15/h11H,1-10H2. The number of fused-ring (bicyclic) bond motifs is 1. The minimum absolute atomic E-state index is 0.0748. The van der Waals surface area contributed by atoms with Crippen LogP contribution in [-0.2, 0) is 22.6 Å². The molecule has 1 aromatic heterocycles. The van der Waals surface area contributed by atoms with E-state index in [1.807, 2.05) is 4.90 Å². The van der Waals surface area contributed by atoms with Gasteiger partial charge in [0.1, 0.15) is 18.2 Å². The van der Waals surface area contributed by atoms with Crippen molar-refractivity contribution in [1.82, 2.24) is 24.6 Å². The molecule has 8 heteroatoms. The molecule has 0 atom stereocenters. The van der Waals surface area contributed by atoms with Crippen LogP contribution < -0.4 is 0 Å². The summed E-state index contributed by atoms with van der Waals surface area (Å²) in [4.78, 5) is 27.5. The van der Waals surface area contributed by atoms with Gasteiger partial charge in [-0.2, -0.15) is 0 Å². The molecule has 0 N–H and O–H groups in total. The number of aromatic nitrogens is 3. The zero-order valence-corrected chi connectivity index (χ0v) is 13.9. The van der Waals surface area contributed by atoms with E-state index in [0.29, 0.717) is 17.5 Å². The summed E-state index contributed by atoms with van der Waals surface area (Å²) in [5.74, 6) is 3.94. The Morgan fingerprint density at radius 1 is 1.22 bits per heavy atom. The molecule has 2 saturated heterocycles. The summed E-state index contributed by atoms with van der Waals surface area (Å²) in [7, 11) is 0. The molecule has 0 spiro atoms. The molecule has 3 aliphatic rings. The molecule has 7 nitrogen and oxygen atoms in total. The molecule has 2 fully saturated rings. The topological polar surface area (TPSA) is 71.3 Å². The van der Waals surface area contributed by atoms with Crippen LogP contribution in [0.25, 0.3) is 0 Å². The molecule has 124 valence electrons. The van der Waals surface area contributed by atoms with Gasteiger partial charge in [-0.3, -0.25) is 9.59 Å². The summed E-state index contributed by atoms with van der Waals surface area (Å²) in [6.07, 6.45) is 4.07. The fourth-order valence-electron chi connectivity index (χ4n) is 3.67. The normalized spacial score (nSPS) is 22.0. The third-order valence-electron chi connectivity index (χ3n) is 5.00. The van der Waals surface area contributed by atoms with Crippen LogP contribution in [0.4, 0.5) is 0 Å². The second kappa shape index (κ2) is 6.14. The third-order valence-corrected chi connectivity index (χ3v) is 5.95. The first kappa shape index (κ1) is 15.0. The number of likely N-dealkylation sites (tertiary alicyclic amines) is 1. The number of thioether (sulfide) groups is 1. The molecule has 0 saturated carbocycles. The van der Waals surface area contributed by atoms with Crippen molar-refractivity contribution in [2.24, 2.45) is 0 Å². The summed E-state index contributed by atoms with van der Waals surface area (Å²) in [5.41, 5.74) is 0. The van der Waals surface area contributed by atoms with Crippen LogP contribution in [-0.4, -0.2) is 67.6 Å². The van der Waals surface area contributed by atoms with Crippen LogP contribution in [0.15, 0.2) is 0 Å². The lowest BCUT2D eigenvalue weighted by Crippen LogP contribution is -2.44. The first-order valence-electron chi connectivity index (χ1n) is 8.27. The first-order chi connectivity index (χ1) is 11.2. The Morgan fingerprint density at radius 2 is 2.04 bits per heavy atom. The Bertz CT molecular complexity index is 623. The van der Waals surface area contributed by atoms with Crippen LogP contribution in [0, 0.1) is 0 Å². The number of piperidine rings is 1. The minimum atomic E-state index is 0.0748. The van der Waals surface area contributed by atoms with Gasteiger partial charge in [0, 0.05) is 32.0 Å². The van der Waals surface area contributed by atoms with Crippen LogP contribution in [0.3, 0.4) is 0 Å². The van der Waals surface area contributed by atoms with Crippen molar-refractivity contribution >= 4 is 23.6 Å². The highest BCUT2D eigenvalue weighted by molar-refractivity contribution is 8.00. The van der Waals surface area contributed by atoms with Crippen molar-refractivity contribution in [2.75, 3.05) is 31.3 Å². The van der Waals surface area contributed by atoms with E-state index >= 15 is 0 Å². The van der Waals surface area contributed by atoms with Gasteiger partial charge in [0.05, 0.1) is 11.6 Å². The molecule has 1 aromatic rings. The Hall–Kier alpha value is -1.57. The summed E-state index contributed by atoms with van der Waals surface area (Å²) >= 11 is 1.58. The number of carbonyl (C=O) groups is 2. The highest BCUT2D eigenvalue weighted by Crippen LogP contribution is 2.29. The monoisotopic (exact) mass is 335 g/mol. The summed E-state index contributed by atoms with van der Waals surface area (Å²) in [6.45, 7) is 2.77. The fourth-order valence-corrected chi connectivity index (χ4v) is 4.57. The van der Waals surface area contributed by atoms with Crippen LogP contribution >= 0.6 is 11.8 Å². The zero-order chi connectivity index (χ0) is 15.8. The number of hydrogen-bond acceptors (Lipinski definition) is 5. The zero-order valence-electron chi connectivity index (χ0n) is 13.1. The fraction of sp³-hybridized carbons (Fsp3) is 0.733. The highest BCUT2D eigenvalue weighted by Gasteiger charge is 2.31. The van der Waals surface area contributed by atoms with Gasteiger partial charge in [-0.05, 0) is 19.3 Å². The second-order valence-electron chi connectivity index (χ2n) is 6.45. The van der Waals surface area contributed by atoms with E-state index in [2.05, 4.69) is 14.8 Å². The van der Waals surface area contributed by atoms with Gasteiger partial charge in [0.2, 0.25) is 11.8 Å². The van der Waals surface area contributed by atoms with Gasteiger partial charge in [-0.15, -0.1) is 22.0 Å². The number of nitrogens with zero attached hydrogens (tertiary/aromatic N) is 5. The molecule has 0 unspecified atom stereocenters. The van der Waals surface area contributed by atoms with Crippen molar-refractivity contribution in [2.45, 2.75) is 38.1 Å². The molecule has 4 rings (SSSR count). The molecule has 0 radical (unpaired) electrons. The van der Waals surface area contributed by atoms with E-state index in [-0.39, 0.29) is 18.4 Å².